The summed E-state index contributed by atoms with van der Waals surface area (Å²) < 4.78 is 23.6. The van der Waals surface area contributed by atoms with Crippen molar-refractivity contribution in [3.05, 3.63) is 21.3 Å². The van der Waals surface area contributed by atoms with Crippen LogP contribution < -0.4 is 5.32 Å². The molecule has 1 atom stereocenters. The molecule has 1 saturated heterocycles. The van der Waals surface area contributed by atoms with E-state index in [1.54, 1.807) is 4.90 Å². The second kappa shape index (κ2) is 6.32. The van der Waals surface area contributed by atoms with Crippen LogP contribution in [0, 0.1) is 0 Å². The molecule has 1 aliphatic rings. The summed E-state index contributed by atoms with van der Waals surface area (Å²) in [6.07, 6.45) is 2.47. The largest absolute Gasteiger partial charge is 0.338 e. The van der Waals surface area contributed by atoms with Gasteiger partial charge in [0.25, 0.3) is 0 Å². The molecule has 0 bridgehead atoms. The zero-order valence-electron chi connectivity index (χ0n) is 11.1. The maximum absolute atomic E-state index is 11.9. The number of likely N-dealkylation sites (tertiary alicyclic amines) is 1. The van der Waals surface area contributed by atoms with E-state index in [-0.39, 0.29) is 12.6 Å². The van der Waals surface area contributed by atoms with E-state index in [1.165, 1.54) is 17.6 Å². The first-order chi connectivity index (χ1) is 9.36. The van der Waals surface area contributed by atoms with Gasteiger partial charge in [-0.2, -0.15) is 0 Å². The van der Waals surface area contributed by atoms with Crippen molar-refractivity contribution in [1.29, 1.82) is 0 Å². The smallest absolute Gasteiger partial charge is 0.317 e. The van der Waals surface area contributed by atoms with Crippen LogP contribution in [0.5, 0.6) is 0 Å². The third-order valence-corrected chi connectivity index (χ3v) is 6.20. The Hall–Kier alpha value is -0.790. The summed E-state index contributed by atoms with van der Waals surface area (Å²) in [6.45, 7) is 1.31. The van der Waals surface area contributed by atoms with Crippen LogP contribution in [0.25, 0.3) is 0 Å². The lowest BCUT2D eigenvalue weighted by Gasteiger charge is -2.16. The summed E-state index contributed by atoms with van der Waals surface area (Å²) in [7, 11) is -3.06. The Morgan fingerprint density at radius 2 is 2.30 bits per heavy atom. The van der Waals surface area contributed by atoms with Gasteiger partial charge in [-0.05, 0) is 25.0 Å². The van der Waals surface area contributed by atoms with Gasteiger partial charge in [0.05, 0.1) is 9.59 Å². The third-order valence-electron chi connectivity index (χ3n) is 3.31. The number of sulfone groups is 1. The van der Waals surface area contributed by atoms with E-state index in [0.717, 1.165) is 15.6 Å². The second-order valence-electron chi connectivity index (χ2n) is 4.87. The molecule has 2 rings (SSSR count). The molecule has 2 amide bonds. The van der Waals surface area contributed by atoms with Crippen LogP contribution in [0.1, 0.15) is 11.3 Å². The Labute approximate surface area is 127 Å². The molecule has 0 spiro atoms. The first kappa shape index (κ1) is 15.6. The molecule has 1 fully saturated rings. The molecule has 20 heavy (non-hydrogen) atoms. The lowest BCUT2D eigenvalue weighted by Crippen LogP contribution is -2.40. The van der Waals surface area contributed by atoms with Crippen molar-refractivity contribution in [1.82, 2.24) is 10.2 Å². The van der Waals surface area contributed by atoms with Crippen molar-refractivity contribution in [2.24, 2.45) is 0 Å². The second-order valence-corrected chi connectivity index (χ2v) is 9.00. The van der Waals surface area contributed by atoms with Gasteiger partial charge in [0, 0.05) is 30.8 Å². The summed E-state index contributed by atoms with van der Waals surface area (Å²) in [5.41, 5.74) is 0. The molecule has 8 heteroatoms. The van der Waals surface area contributed by atoms with Gasteiger partial charge in [-0.15, -0.1) is 11.3 Å². The molecule has 1 N–H and O–H groups in total. The van der Waals surface area contributed by atoms with Crippen LogP contribution in [-0.2, 0) is 16.3 Å². The van der Waals surface area contributed by atoms with Crippen molar-refractivity contribution in [2.75, 3.05) is 25.9 Å². The molecule has 2 heterocycles. The summed E-state index contributed by atoms with van der Waals surface area (Å²) in [4.78, 5) is 14.6. The van der Waals surface area contributed by atoms with Gasteiger partial charge in [0.1, 0.15) is 0 Å². The highest BCUT2D eigenvalue weighted by atomic mass is 35.5. The summed E-state index contributed by atoms with van der Waals surface area (Å²) in [6, 6.07) is 3.58. The average molecular weight is 337 g/mol. The molecule has 112 valence electrons. The normalized spacial score (nSPS) is 19.3. The zero-order valence-corrected chi connectivity index (χ0v) is 13.5. The van der Waals surface area contributed by atoms with Crippen molar-refractivity contribution in [3.63, 3.8) is 0 Å². The predicted molar refractivity (Wildman–Crippen MR) is 81.3 cm³/mol. The first-order valence-corrected chi connectivity index (χ1v) is 9.47. The first-order valence-electron chi connectivity index (χ1n) is 6.32. The number of halogens is 1. The minimum absolute atomic E-state index is 0.196. The number of carbonyl (C=O) groups is 1. The number of carbonyl (C=O) groups excluding carboxylic acids is 1. The maximum atomic E-state index is 11.9. The predicted octanol–water partition coefficient (Wildman–Crippen LogP) is 1.77. The fourth-order valence-electron chi connectivity index (χ4n) is 2.15. The Bertz CT molecular complexity index is 585. The Kier molecular flexibility index (Phi) is 4.93. The molecule has 1 aromatic heterocycles. The molecular formula is C12H17ClN2O3S2. The highest BCUT2D eigenvalue weighted by Gasteiger charge is 2.32. The van der Waals surface area contributed by atoms with Crippen molar-refractivity contribution < 1.29 is 13.2 Å². The van der Waals surface area contributed by atoms with Crippen LogP contribution in [0.4, 0.5) is 4.79 Å². The van der Waals surface area contributed by atoms with E-state index in [0.29, 0.717) is 19.5 Å². The van der Waals surface area contributed by atoms with E-state index in [1.807, 2.05) is 12.1 Å². The molecule has 1 unspecified atom stereocenters. The molecule has 0 aromatic carbocycles. The Morgan fingerprint density at radius 1 is 1.55 bits per heavy atom. The maximum Gasteiger partial charge on any atom is 0.317 e. The topological polar surface area (TPSA) is 66.5 Å². The number of hydrogen-bond donors (Lipinski definition) is 1. The molecule has 0 saturated carbocycles. The molecule has 5 nitrogen and oxygen atoms in total. The van der Waals surface area contributed by atoms with Gasteiger partial charge < -0.3 is 10.2 Å². The fourth-order valence-corrected chi connectivity index (χ4v) is 4.22. The van der Waals surface area contributed by atoms with Crippen LogP contribution >= 0.6 is 22.9 Å². The van der Waals surface area contributed by atoms with Gasteiger partial charge in [-0.25, -0.2) is 13.2 Å². The summed E-state index contributed by atoms with van der Waals surface area (Å²) >= 11 is 7.33. The van der Waals surface area contributed by atoms with Crippen LogP contribution in [0.2, 0.25) is 4.34 Å². The standard InChI is InChI=1S/C12H17ClN2O3S2/c1-20(17,18)10-5-7-15(8-10)12(16)14-6-4-9-2-3-11(13)19-9/h2-3,10H,4-8H2,1H3,(H,14,16). The number of amides is 2. The Morgan fingerprint density at radius 3 is 2.85 bits per heavy atom. The zero-order chi connectivity index (χ0) is 14.8. The minimum Gasteiger partial charge on any atom is -0.338 e. The number of thiophene rings is 1. The van der Waals surface area contributed by atoms with Crippen LogP contribution in [-0.4, -0.2) is 50.5 Å². The van der Waals surface area contributed by atoms with Crippen molar-refractivity contribution in [3.8, 4) is 0 Å². The van der Waals surface area contributed by atoms with E-state index >= 15 is 0 Å². The van der Waals surface area contributed by atoms with Crippen molar-refractivity contribution in [2.45, 2.75) is 18.1 Å². The number of nitrogens with one attached hydrogen (secondary N) is 1. The summed E-state index contributed by atoms with van der Waals surface area (Å²) in [5, 5.41) is 2.38. The van der Waals surface area contributed by atoms with Gasteiger partial charge in [0.15, 0.2) is 9.84 Å². The van der Waals surface area contributed by atoms with Gasteiger partial charge in [-0.1, -0.05) is 11.6 Å². The lowest BCUT2D eigenvalue weighted by atomic mass is 10.3. The number of urea groups is 1. The molecule has 0 aliphatic carbocycles. The van der Waals surface area contributed by atoms with E-state index < -0.39 is 15.1 Å². The summed E-state index contributed by atoms with van der Waals surface area (Å²) in [5.74, 6) is 0. The lowest BCUT2D eigenvalue weighted by molar-refractivity contribution is 0.209. The van der Waals surface area contributed by atoms with E-state index in [2.05, 4.69) is 5.32 Å². The quantitative estimate of drug-likeness (QED) is 0.911. The van der Waals surface area contributed by atoms with Gasteiger partial charge in [0.2, 0.25) is 0 Å². The highest BCUT2D eigenvalue weighted by Crippen LogP contribution is 2.21. The Balaban J connectivity index is 1.76. The van der Waals surface area contributed by atoms with Crippen molar-refractivity contribution >= 4 is 38.8 Å². The van der Waals surface area contributed by atoms with Crippen LogP contribution in [0.3, 0.4) is 0 Å². The number of nitrogens with zero attached hydrogens (tertiary/aromatic N) is 1. The third kappa shape index (κ3) is 4.10. The van der Waals surface area contributed by atoms with Gasteiger partial charge >= 0.3 is 6.03 Å². The van der Waals surface area contributed by atoms with E-state index in [9.17, 15) is 13.2 Å². The highest BCUT2D eigenvalue weighted by molar-refractivity contribution is 7.91. The molecule has 0 radical (unpaired) electrons. The minimum atomic E-state index is -3.06. The molecule has 1 aromatic rings. The van der Waals surface area contributed by atoms with Gasteiger partial charge in [-0.3, -0.25) is 0 Å². The van der Waals surface area contributed by atoms with E-state index in [4.69, 9.17) is 11.6 Å². The molecular weight excluding hydrogens is 320 g/mol. The SMILES string of the molecule is CS(=O)(=O)C1CCN(C(=O)NCCc2ccc(Cl)s2)C1. The number of hydrogen-bond acceptors (Lipinski definition) is 4. The van der Waals surface area contributed by atoms with Crippen LogP contribution in [0.15, 0.2) is 12.1 Å². The molecule has 1 aliphatic heterocycles. The fraction of sp³-hybridized carbons (Fsp3) is 0.583. The monoisotopic (exact) mass is 336 g/mol. The number of rotatable bonds is 4. The average Bonchev–Trinajstić information content (AvgIpc) is 2.97.